The molecule has 0 unspecified atom stereocenters. The second-order valence-electron chi connectivity index (χ2n) is 6.70. The van der Waals surface area contributed by atoms with Crippen molar-refractivity contribution in [2.45, 2.75) is 31.4 Å². The summed E-state index contributed by atoms with van der Waals surface area (Å²) in [4.78, 5) is 14.9. The Balaban J connectivity index is 1.54. The third kappa shape index (κ3) is 3.17. The number of amides is 1. The van der Waals surface area contributed by atoms with Crippen LogP contribution in [-0.4, -0.2) is 62.8 Å². The van der Waals surface area contributed by atoms with Gasteiger partial charge in [0.1, 0.15) is 0 Å². The Kier molecular flexibility index (Phi) is 4.50. The molecule has 2 aliphatic rings. The number of carbonyl (C=O) groups is 1. The number of nitrogens with zero attached hydrogens (tertiary/aromatic N) is 4. The zero-order valence-corrected chi connectivity index (χ0v) is 14.0. The number of rotatable bonds is 3. The molecule has 1 aliphatic carbocycles. The van der Waals surface area contributed by atoms with Crippen LogP contribution < -0.4 is 0 Å². The maximum atomic E-state index is 13.0. The van der Waals surface area contributed by atoms with Crippen molar-refractivity contribution < 1.29 is 14.6 Å². The first-order chi connectivity index (χ1) is 12.2. The minimum atomic E-state index is -0.336. The van der Waals surface area contributed by atoms with Crippen molar-refractivity contribution in [2.24, 2.45) is 5.92 Å². The molecular formula is C18H22N4O3. The van der Waals surface area contributed by atoms with E-state index in [9.17, 15) is 9.90 Å². The maximum Gasteiger partial charge on any atom is 0.254 e. The number of hydrogen-bond acceptors (Lipinski definition) is 5. The van der Waals surface area contributed by atoms with E-state index in [0.29, 0.717) is 25.3 Å². The van der Waals surface area contributed by atoms with Gasteiger partial charge in [0.25, 0.3) is 5.91 Å². The van der Waals surface area contributed by atoms with Crippen molar-refractivity contribution in [3.63, 3.8) is 0 Å². The second kappa shape index (κ2) is 6.93. The fraction of sp³-hybridized carbons (Fsp3) is 0.500. The molecule has 1 saturated heterocycles. The minimum Gasteiger partial charge on any atom is -0.393 e. The molecule has 7 heteroatoms. The number of benzene rings is 1. The predicted octanol–water partition coefficient (Wildman–Crippen LogP) is 1.27. The summed E-state index contributed by atoms with van der Waals surface area (Å²) in [5.41, 5.74) is 1.50. The highest BCUT2D eigenvalue weighted by Crippen LogP contribution is 2.32. The molecule has 4 rings (SSSR count). The molecule has 1 aromatic carbocycles. The Labute approximate surface area is 146 Å². The molecule has 2 heterocycles. The lowest BCUT2D eigenvalue weighted by Gasteiger charge is -2.40. The van der Waals surface area contributed by atoms with Gasteiger partial charge in [0, 0.05) is 18.0 Å². The van der Waals surface area contributed by atoms with Gasteiger partial charge >= 0.3 is 0 Å². The van der Waals surface area contributed by atoms with Gasteiger partial charge in [-0.05, 0) is 37.1 Å². The average molecular weight is 342 g/mol. The summed E-state index contributed by atoms with van der Waals surface area (Å²) in [6.07, 6.45) is 5.81. The van der Waals surface area contributed by atoms with Crippen molar-refractivity contribution in [1.82, 2.24) is 19.9 Å². The third-order valence-corrected chi connectivity index (χ3v) is 5.25. The molecule has 0 bridgehead atoms. The monoisotopic (exact) mass is 342 g/mol. The van der Waals surface area contributed by atoms with Gasteiger partial charge in [-0.15, -0.1) is 5.10 Å². The molecular weight excluding hydrogens is 320 g/mol. The Morgan fingerprint density at radius 3 is 2.76 bits per heavy atom. The Morgan fingerprint density at radius 2 is 2.08 bits per heavy atom. The first-order valence-electron chi connectivity index (χ1n) is 8.77. The highest BCUT2D eigenvalue weighted by atomic mass is 16.5. The molecule has 1 aromatic heterocycles. The van der Waals surface area contributed by atoms with E-state index in [2.05, 4.69) is 10.3 Å². The van der Waals surface area contributed by atoms with Crippen LogP contribution >= 0.6 is 0 Å². The maximum absolute atomic E-state index is 13.0. The van der Waals surface area contributed by atoms with Crippen LogP contribution in [-0.2, 0) is 4.74 Å². The fourth-order valence-corrected chi connectivity index (χ4v) is 3.92. The number of morpholine rings is 1. The van der Waals surface area contributed by atoms with Gasteiger partial charge in [-0.2, -0.15) is 0 Å². The first kappa shape index (κ1) is 16.2. The van der Waals surface area contributed by atoms with Gasteiger partial charge in [0.2, 0.25) is 0 Å². The van der Waals surface area contributed by atoms with E-state index in [-0.39, 0.29) is 24.0 Å². The second-order valence-corrected chi connectivity index (χ2v) is 6.70. The van der Waals surface area contributed by atoms with Crippen LogP contribution in [0.5, 0.6) is 0 Å². The average Bonchev–Trinajstić information content (AvgIpc) is 3.33. The zero-order valence-electron chi connectivity index (χ0n) is 14.0. The largest absolute Gasteiger partial charge is 0.393 e. The first-order valence-corrected chi connectivity index (χ1v) is 8.77. The van der Waals surface area contributed by atoms with E-state index >= 15 is 0 Å². The smallest absolute Gasteiger partial charge is 0.254 e. The third-order valence-electron chi connectivity index (χ3n) is 5.25. The summed E-state index contributed by atoms with van der Waals surface area (Å²) in [5, 5.41) is 18.0. The van der Waals surface area contributed by atoms with Crippen molar-refractivity contribution in [2.75, 3.05) is 19.8 Å². The SMILES string of the molecule is O=C(c1ccc(-n2ccnn2)cc1)N1CCOC[C@@H]1[C@@H]1CCC[C@@H]1O. The van der Waals surface area contributed by atoms with Crippen LogP contribution in [0.3, 0.4) is 0 Å². The molecule has 0 radical (unpaired) electrons. The normalized spacial score (nSPS) is 26.8. The molecule has 25 heavy (non-hydrogen) atoms. The van der Waals surface area contributed by atoms with Crippen LogP contribution in [0, 0.1) is 5.92 Å². The standard InChI is InChI=1S/C18H22N4O3/c23-17-3-1-2-15(17)16-12-25-11-10-21(16)18(24)13-4-6-14(7-5-13)22-9-8-19-20-22/h4-9,15-17,23H,1-3,10-12H2/t15-,16+,17-/m0/s1. The van der Waals surface area contributed by atoms with E-state index in [1.807, 2.05) is 29.2 Å². The summed E-state index contributed by atoms with van der Waals surface area (Å²) in [6.45, 7) is 1.62. The van der Waals surface area contributed by atoms with Crippen LogP contribution in [0.25, 0.3) is 5.69 Å². The predicted molar refractivity (Wildman–Crippen MR) is 90.4 cm³/mol. The summed E-state index contributed by atoms with van der Waals surface area (Å²) in [6, 6.07) is 7.31. The Bertz CT molecular complexity index is 716. The van der Waals surface area contributed by atoms with E-state index in [1.165, 1.54) is 0 Å². The molecule has 7 nitrogen and oxygen atoms in total. The number of aromatic nitrogens is 3. The van der Waals surface area contributed by atoms with Crippen LogP contribution in [0.15, 0.2) is 36.7 Å². The molecule has 0 spiro atoms. The number of aliphatic hydroxyl groups excluding tert-OH is 1. The molecule has 1 saturated carbocycles. The summed E-state index contributed by atoms with van der Waals surface area (Å²) in [5.74, 6) is 0.108. The summed E-state index contributed by atoms with van der Waals surface area (Å²) < 4.78 is 7.26. The van der Waals surface area contributed by atoms with E-state index in [0.717, 1.165) is 24.9 Å². The lowest BCUT2D eigenvalue weighted by atomic mass is 9.93. The van der Waals surface area contributed by atoms with Gasteiger partial charge in [0.15, 0.2) is 0 Å². The lowest BCUT2D eigenvalue weighted by molar-refractivity contribution is -0.0383. The number of aliphatic hydroxyl groups is 1. The molecule has 1 amide bonds. The van der Waals surface area contributed by atoms with Gasteiger partial charge in [0.05, 0.1) is 43.4 Å². The Morgan fingerprint density at radius 1 is 1.24 bits per heavy atom. The van der Waals surface area contributed by atoms with Crippen molar-refractivity contribution >= 4 is 5.91 Å². The van der Waals surface area contributed by atoms with Gasteiger partial charge < -0.3 is 14.7 Å². The van der Waals surface area contributed by atoms with E-state index < -0.39 is 0 Å². The van der Waals surface area contributed by atoms with Gasteiger partial charge in [-0.3, -0.25) is 4.79 Å². The quantitative estimate of drug-likeness (QED) is 0.908. The van der Waals surface area contributed by atoms with Crippen LogP contribution in [0.2, 0.25) is 0 Å². The Hall–Kier alpha value is -2.25. The number of ether oxygens (including phenoxy) is 1. The van der Waals surface area contributed by atoms with Crippen LogP contribution in [0.4, 0.5) is 0 Å². The van der Waals surface area contributed by atoms with Crippen molar-refractivity contribution in [1.29, 1.82) is 0 Å². The van der Waals surface area contributed by atoms with Crippen LogP contribution in [0.1, 0.15) is 29.6 Å². The van der Waals surface area contributed by atoms with Crippen molar-refractivity contribution in [3.05, 3.63) is 42.2 Å². The minimum absolute atomic E-state index is 0.00228. The summed E-state index contributed by atoms with van der Waals surface area (Å²) >= 11 is 0. The number of hydrogen-bond donors (Lipinski definition) is 1. The van der Waals surface area contributed by atoms with E-state index in [1.54, 1.807) is 17.1 Å². The number of carbonyl (C=O) groups excluding carboxylic acids is 1. The highest BCUT2D eigenvalue weighted by molar-refractivity contribution is 5.94. The molecule has 2 fully saturated rings. The molecule has 132 valence electrons. The van der Waals surface area contributed by atoms with E-state index in [4.69, 9.17) is 4.74 Å². The molecule has 1 N–H and O–H groups in total. The zero-order chi connectivity index (χ0) is 17.2. The molecule has 1 aliphatic heterocycles. The topological polar surface area (TPSA) is 80.5 Å². The van der Waals surface area contributed by atoms with Gasteiger partial charge in [-0.25, -0.2) is 4.68 Å². The summed E-state index contributed by atoms with van der Waals surface area (Å²) in [7, 11) is 0. The lowest BCUT2D eigenvalue weighted by Crippen LogP contribution is -2.53. The van der Waals surface area contributed by atoms with Gasteiger partial charge in [-0.1, -0.05) is 11.6 Å². The van der Waals surface area contributed by atoms with Crippen molar-refractivity contribution in [3.8, 4) is 5.69 Å². The molecule has 3 atom stereocenters. The highest BCUT2D eigenvalue weighted by Gasteiger charge is 2.39. The fourth-order valence-electron chi connectivity index (χ4n) is 3.92. The molecule has 2 aromatic rings.